The predicted molar refractivity (Wildman–Crippen MR) is 83.1 cm³/mol. The molecule has 0 unspecified atom stereocenters. The lowest BCUT2D eigenvalue weighted by Gasteiger charge is -2.26. The highest BCUT2D eigenvalue weighted by Gasteiger charge is 2.09. The van der Waals surface area contributed by atoms with E-state index in [0.717, 1.165) is 45.2 Å². The van der Waals surface area contributed by atoms with Crippen LogP contribution >= 0.6 is 0 Å². The molecular formula is C14H19N7O. The lowest BCUT2D eigenvalue weighted by molar-refractivity contribution is 0.0398. The third-order valence-electron chi connectivity index (χ3n) is 3.32. The van der Waals surface area contributed by atoms with Crippen LogP contribution in [-0.4, -0.2) is 64.2 Å². The Kier molecular flexibility index (Phi) is 5.06. The largest absolute Gasteiger partial charge is 0.379 e. The highest BCUT2D eigenvalue weighted by molar-refractivity contribution is 5.49. The van der Waals surface area contributed by atoms with Gasteiger partial charge < -0.3 is 15.4 Å². The molecule has 0 bridgehead atoms. The molecule has 1 saturated heterocycles. The fourth-order valence-corrected chi connectivity index (χ4v) is 2.16. The summed E-state index contributed by atoms with van der Waals surface area (Å²) in [5, 5.41) is 6.36. The topological polar surface area (TPSA) is 88.1 Å². The van der Waals surface area contributed by atoms with Crippen molar-refractivity contribution in [2.45, 2.75) is 0 Å². The van der Waals surface area contributed by atoms with Crippen molar-refractivity contribution in [3.8, 4) is 0 Å². The summed E-state index contributed by atoms with van der Waals surface area (Å²) in [4.78, 5) is 18.9. The summed E-state index contributed by atoms with van der Waals surface area (Å²) in [6.07, 6.45) is 4.86. The number of nitrogens with zero attached hydrogens (tertiary/aromatic N) is 5. The Balaban J connectivity index is 1.50. The highest BCUT2D eigenvalue weighted by atomic mass is 16.5. The molecule has 0 atom stereocenters. The van der Waals surface area contributed by atoms with Crippen LogP contribution in [0.5, 0.6) is 0 Å². The van der Waals surface area contributed by atoms with Crippen LogP contribution in [0.1, 0.15) is 0 Å². The van der Waals surface area contributed by atoms with E-state index in [1.807, 2.05) is 6.07 Å². The summed E-state index contributed by atoms with van der Waals surface area (Å²) in [7, 11) is 0. The Morgan fingerprint density at radius 2 is 1.95 bits per heavy atom. The summed E-state index contributed by atoms with van der Waals surface area (Å²) in [6.45, 7) is 5.44. The van der Waals surface area contributed by atoms with Gasteiger partial charge in [-0.3, -0.25) is 4.90 Å². The van der Waals surface area contributed by atoms with E-state index in [1.54, 1.807) is 18.5 Å². The van der Waals surface area contributed by atoms with Gasteiger partial charge in [-0.1, -0.05) is 0 Å². The third kappa shape index (κ3) is 4.34. The van der Waals surface area contributed by atoms with Gasteiger partial charge in [0.2, 0.25) is 5.95 Å². The monoisotopic (exact) mass is 301 g/mol. The molecular weight excluding hydrogens is 282 g/mol. The Labute approximate surface area is 129 Å². The van der Waals surface area contributed by atoms with Gasteiger partial charge in [-0.25, -0.2) is 15.0 Å². The van der Waals surface area contributed by atoms with E-state index in [0.29, 0.717) is 11.8 Å². The van der Waals surface area contributed by atoms with Gasteiger partial charge in [-0.15, -0.1) is 0 Å². The van der Waals surface area contributed by atoms with Crippen LogP contribution in [0, 0.1) is 0 Å². The van der Waals surface area contributed by atoms with E-state index in [4.69, 9.17) is 4.74 Å². The minimum Gasteiger partial charge on any atom is -0.379 e. The first-order chi connectivity index (χ1) is 10.9. The molecule has 1 aliphatic heterocycles. The molecule has 8 heteroatoms. The fourth-order valence-electron chi connectivity index (χ4n) is 2.16. The van der Waals surface area contributed by atoms with Gasteiger partial charge in [0.25, 0.3) is 0 Å². The van der Waals surface area contributed by atoms with Crippen LogP contribution < -0.4 is 10.6 Å². The fraction of sp³-hybridized carbons (Fsp3) is 0.429. The van der Waals surface area contributed by atoms with Crippen LogP contribution in [0.4, 0.5) is 17.6 Å². The van der Waals surface area contributed by atoms with E-state index < -0.39 is 0 Å². The average Bonchev–Trinajstić information content (AvgIpc) is 2.57. The molecule has 0 spiro atoms. The van der Waals surface area contributed by atoms with Crippen LogP contribution in [-0.2, 0) is 4.74 Å². The van der Waals surface area contributed by atoms with Crippen LogP contribution in [0.3, 0.4) is 0 Å². The van der Waals surface area contributed by atoms with Crippen molar-refractivity contribution in [2.75, 3.05) is 50.0 Å². The molecule has 0 aromatic carbocycles. The number of aromatic nitrogens is 4. The van der Waals surface area contributed by atoms with Crippen molar-refractivity contribution in [1.82, 2.24) is 24.8 Å². The number of ether oxygens (including phenoxy) is 1. The van der Waals surface area contributed by atoms with E-state index in [-0.39, 0.29) is 0 Å². The SMILES string of the molecule is c1cc(Nc2nccc(NCCN3CCOCC3)n2)ncn1. The summed E-state index contributed by atoms with van der Waals surface area (Å²) >= 11 is 0. The predicted octanol–water partition coefficient (Wildman–Crippen LogP) is 0.754. The highest BCUT2D eigenvalue weighted by Crippen LogP contribution is 2.10. The Morgan fingerprint density at radius 3 is 2.77 bits per heavy atom. The molecule has 8 nitrogen and oxygen atoms in total. The average molecular weight is 301 g/mol. The van der Waals surface area contributed by atoms with Gasteiger partial charge in [0.05, 0.1) is 13.2 Å². The number of anilines is 3. The molecule has 0 aliphatic carbocycles. The zero-order chi connectivity index (χ0) is 15.0. The maximum absolute atomic E-state index is 5.34. The molecule has 1 fully saturated rings. The van der Waals surface area contributed by atoms with Crippen molar-refractivity contribution in [1.29, 1.82) is 0 Å². The molecule has 0 saturated carbocycles. The number of hydrogen-bond acceptors (Lipinski definition) is 8. The zero-order valence-electron chi connectivity index (χ0n) is 12.3. The lowest BCUT2D eigenvalue weighted by atomic mass is 10.4. The Hall–Kier alpha value is -2.32. The van der Waals surface area contributed by atoms with Crippen LogP contribution in [0.25, 0.3) is 0 Å². The molecule has 0 radical (unpaired) electrons. The minimum absolute atomic E-state index is 0.509. The zero-order valence-corrected chi connectivity index (χ0v) is 12.3. The Morgan fingerprint density at radius 1 is 1.09 bits per heavy atom. The number of morpholine rings is 1. The van der Waals surface area contributed by atoms with Crippen molar-refractivity contribution < 1.29 is 4.74 Å². The molecule has 116 valence electrons. The minimum atomic E-state index is 0.509. The molecule has 3 heterocycles. The van der Waals surface area contributed by atoms with Gasteiger partial charge in [-0.05, 0) is 12.1 Å². The molecule has 3 rings (SSSR count). The third-order valence-corrected chi connectivity index (χ3v) is 3.32. The first kappa shape index (κ1) is 14.6. The molecule has 1 aliphatic rings. The number of nitrogens with one attached hydrogen (secondary N) is 2. The van der Waals surface area contributed by atoms with Gasteiger partial charge in [0.1, 0.15) is 18.0 Å². The maximum Gasteiger partial charge on any atom is 0.230 e. The number of hydrogen-bond donors (Lipinski definition) is 2. The quantitative estimate of drug-likeness (QED) is 0.808. The summed E-state index contributed by atoms with van der Waals surface area (Å²) in [5.41, 5.74) is 0. The Bertz CT molecular complexity index is 574. The molecule has 0 amide bonds. The first-order valence-corrected chi connectivity index (χ1v) is 7.30. The first-order valence-electron chi connectivity index (χ1n) is 7.30. The van der Waals surface area contributed by atoms with Crippen molar-refractivity contribution in [3.63, 3.8) is 0 Å². The van der Waals surface area contributed by atoms with E-state index in [1.165, 1.54) is 6.33 Å². The van der Waals surface area contributed by atoms with Crippen LogP contribution in [0.15, 0.2) is 30.9 Å². The smallest absolute Gasteiger partial charge is 0.230 e. The standard InChI is InChI=1S/C14H19N7O/c1-3-15-11-18-13(1)20-14-17-4-2-12(19-14)16-5-6-21-7-9-22-10-8-21/h1-4,11H,5-10H2,(H2,15,16,17,18,19,20). The summed E-state index contributed by atoms with van der Waals surface area (Å²) in [5.74, 6) is 1.97. The van der Waals surface area contributed by atoms with Gasteiger partial charge in [0.15, 0.2) is 0 Å². The van der Waals surface area contributed by atoms with E-state index in [9.17, 15) is 0 Å². The van der Waals surface area contributed by atoms with E-state index >= 15 is 0 Å². The normalized spacial score (nSPS) is 15.5. The van der Waals surface area contributed by atoms with Crippen molar-refractivity contribution in [3.05, 3.63) is 30.9 Å². The second-order valence-electron chi connectivity index (χ2n) is 4.87. The maximum atomic E-state index is 5.34. The van der Waals surface area contributed by atoms with Gasteiger partial charge in [0, 0.05) is 38.6 Å². The molecule has 2 aromatic heterocycles. The lowest BCUT2D eigenvalue weighted by Crippen LogP contribution is -2.39. The van der Waals surface area contributed by atoms with Crippen LogP contribution in [0.2, 0.25) is 0 Å². The second-order valence-corrected chi connectivity index (χ2v) is 4.87. The van der Waals surface area contributed by atoms with Gasteiger partial charge >= 0.3 is 0 Å². The molecule has 22 heavy (non-hydrogen) atoms. The second kappa shape index (κ2) is 7.62. The van der Waals surface area contributed by atoms with Gasteiger partial charge in [-0.2, -0.15) is 4.98 Å². The summed E-state index contributed by atoms with van der Waals surface area (Å²) in [6, 6.07) is 3.62. The van der Waals surface area contributed by atoms with Crippen molar-refractivity contribution in [2.24, 2.45) is 0 Å². The molecule has 2 N–H and O–H groups in total. The van der Waals surface area contributed by atoms with Crippen molar-refractivity contribution >= 4 is 17.6 Å². The number of rotatable bonds is 6. The van der Waals surface area contributed by atoms with E-state index in [2.05, 4.69) is 35.5 Å². The molecule has 2 aromatic rings. The summed E-state index contributed by atoms with van der Waals surface area (Å²) < 4.78 is 5.34.